The summed E-state index contributed by atoms with van der Waals surface area (Å²) in [7, 11) is 0. The van der Waals surface area contributed by atoms with Gasteiger partial charge in [-0.15, -0.1) is 0 Å². The third kappa shape index (κ3) is 4.65. The van der Waals surface area contributed by atoms with Crippen molar-refractivity contribution in [3.8, 4) is 16.9 Å². The molecule has 1 aromatic carbocycles. The lowest BCUT2D eigenvalue weighted by molar-refractivity contribution is -0.125. The highest BCUT2D eigenvalue weighted by atomic mass is 16.5. The lowest BCUT2D eigenvalue weighted by Crippen LogP contribution is -2.48. The Morgan fingerprint density at radius 2 is 2.11 bits per heavy atom. The highest BCUT2D eigenvalue weighted by Crippen LogP contribution is 2.44. The van der Waals surface area contributed by atoms with Gasteiger partial charge in [-0.1, -0.05) is 12.1 Å². The summed E-state index contributed by atoms with van der Waals surface area (Å²) in [5, 5.41) is 11.0. The van der Waals surface area contributed by atoms with Gasteiger partial charge in [-0.05, 0) is 55.7 Å². The average molecular weight is 507 g/mol. The van der Waals surface area contributed by atoms with E-state index in [-0.39, 0.29) is 12.1 Å². The van der Waals surface area contributed by atoms with Crippen molar-refractivity contribution < 1.29 is 19.4 Å². The molecule has 0 bridgehead atoms. The second-order valence-corrected chi connectivity index (χ2v) is 10.6. The molecule has 0 spiro atoms. The van der Waals surface area contributed by atoms with Gasteiger partial charge in [0.1, 0.15) is 36.2 Å². The number of likely N-dealkylation sites (tertiary alicyclic amines) is 1. The molecule has 3 aliphatic rings. The summed E-state index contributed by atoms with van der Waals surface area (Å²) >= 11 is 0. The summed E-state index contributed by atoms with van der Waals surface area (Å²) in [6.45, 7) is 2.81. The van der Waals surface area contributed by atoms with E-state index >= 15 is 0 Å². The van der Waals surface area contributed by atoms with E-state index in [0.717, 1.165) is 66.7 Å². The molecule has 4 heterocycles. The van der Waals surface area contributed by atoms with Gasteiger partial charge >= 0.3 is 0 Å². The van der Waals surface area contributed by atoms with Crippen molar-refractivity contribution in [3.05, 3.63) is 36.8 Å². The lowest BCUT2D eigenvalue weighted by Gasteiger charge is -2.39. The first-order valence-electron chi connectivity index (χ1n) is 13.1. The van der Waals surface area contributed by atoms with Gasteiger partial charge in [0.05, 0.1) is 17.6 Å². The van der Waals surface area contributed by atoms with Crippen molar-refractivity contribution in [2.75, 3.05) is 32.0 Å². The number of amides is 1. The Bertz CT molecular complexity index is 1280. The molecule has 1 unspecified atom stereocenters. The van der Waals surface area contributed by atoms with Crippen LogP contribution in [0.1, 0.15) is 38.1 Å². The summed E-state index contributed by atoms with van der Waals surface area (Å²) < 4.78 is 13.9. The van der Waals surface area contributed by atoms with E-state index in [1.807, 2.05) is 23.1 Å². The van der Waals surface area contributed by atoms with Crippen molar-refractivity contribution in [3.63, 3.8) is 0 Å². The molecule has 2 saturated heterocycles. The van der Waals surface area contributed by atoms with Crippen molar-refractivity contribution in [1.29, 1.82) is 0 Å². The van der Waals surface area contributed by atoms with E-state index in [1.54, 1.807) is 0 Å². The molecule has 2 aromatic heterocycles. The molecule has 37 heavy (non-hydrogen) atoms. The number of benzene rings is 1. The van der Waals surface area contributed by atoms with E-state index in [1.165, 1.54) is 6.33 Å². The monoisotopic (exact) mass is 506 g/mol. The highest BCUT2D eigenvalue weighted by molar-refractivity contribution is 6.00. The number of aliphatic hydroxyl groups excluding tert-OH is 1. The number of nitrogens with zero attached hydrogens (tertiary/aromatic N) is 4. The zero-order valence-corrected chi connectivity index (χ0v) is 20.8. The van der Waals surface area contributed by atoms with Crippen LogP contribution in [0.25, 0.3) is 22.2 Å². The molecule has 3 aromatic rings. The molecule has 1 amide bonds. The molecule has 2 aliphatic heterocycles. The van der Waals surface area contributed by atoms with Crippen LogP contribution in [0.15, 0.2) is 36.8 Å². The van der Waals surface area contributed by atoms with Gasteiger partial charge in [0, 0.05) is 37.5 Å². The predicted octanol–water partition coefficient (Wildman–Crippen LogP) is 2.11. The number of carbonyl (C=O) groups is 1. The van der Waals surface area contributed by atoms with Gasteiger partial charge in [0.2, 0.25) is 5.91 Å². The Morgan fingerprint density at radius 3 is 2.89 bits per heavy atom. The van der Waals surface area contributed by atoms with Crippen LogP contribution in [-0.2, 0) is 9.53 Å². The molecule has 6 rings (SSSR count). The first-order chi connectivity index (χ1) is 18.0. The maximum atomic E-state index is 11.8. The van der Waals surface area contributed by atoms with Gasteiger partial charge in [-0.3, -0.25) is 9.69 Å². The zero-order valence-electron chi connectivity index (χ0n) is 20.8. The Labute approximate surface area is 215 Å². The molecule has 0 radical (unpaired) electrons. The van der Waals surface area contributed by atoms with Crippen LogP contribution in [0.3, 0.4) is 0 Å². The number of anilines is 1. The molecule has 10 nitrogen and oxygen atoms in total. The highest BCUT2D eigenvalue weighted by Gasteiger charge is 2.41. The molecule has 5 N–H and O–H groups in total. The maximum absolute atomic E-state index is 11.8. The van der Waals surface area contributed by atoms with Gasteiger partial charge in [-0.25, -0.2) is 9.97 Å². The second kappa shape index (κ2) is 9.92. The van der Waals surface area contributed by atoms with Crippen molar-refractivity contribution in [1.82, 2.24) is 19.4 Å². The molecule has 3 fully saturated rings. The summed E-state index contributed by atoms with van der Waals surface area (Å²) in [4.78, 5) is 22.7. The van der Waals surface area contributed by atoms with E-state index < -0.39 is 18.1 Å². The first-order valence-corrected chi connectivity index (χ1v) is 13.1. The maximum Gasteiger partial charge on any atom is 0.237 e. The largest absolute Gasteiger partial charge is 0.491 e. The van der Waals surface area contributed by atoms with Gasteiger partial charge in [0.25, 0.3) is 0 Å². The second-order valence-electron chi connectivity index (χ2n) is 10.6. The fourth-order valence-electron chi connectivity index (χ4n) is 6.15. The third-order valence-electron chi connectivity index (χ3n) is 8.10. The molecular formula is C27H34N6O4. The summed E-state index contributed by atoms with van der Waals surface area (Å²) in [5.41, 5.74) is 14.7. The van der Waals surface area contributed by atoms with Crippen molar-refractivity contribution in [2.24, 2.45) is 11.7 Å². The fraction of sp³-hybridized carbons (Fsp3) is 0.519. The van der Waals surface area contributed by atoms with E-state index in [4.69, 9.17) is 20.9 Å². The summed E-state index contributed by atoms with van der Waals surface area (Å²) in [6.07, 6.45) is 7.73. The number of rotatable bonds is 8. The Hall–Kier alpha value is -3.21. The van der Waals surface area contributed by atoms with Gasteiger partial charge in [-0.2, -0.15) is 0 Å². The SMILES string of the molecule is NC(=O)[C@@H]1[C@H](O)CCN1C[C@H]1C[C@@H](n2cc(-c3cccc(OCC4CCCO4)c3)c3c(N)ncnc32)C1. The normalized spacial score (nSPS) is 28.0. The number of hydrogen-bond donors (Lipinski definition) is 3. The number of aliphatic hydroxyl groups is 1. The van der Waals surface area contributed by atoms with Crippen LogP contribution < -0.4 is 16.2 Å². The minimum atomic E-state index is -0.672. The average Bonchev–Trinajstić information content (AvgIpc) is 3.59. The number of hydrogen-bond acceptors (Lipinski definition) is 8. The molecule has 10 heteroatoms. The fourth-order valence-corrected chi connectivity index (χ4v) is 6.15. The van der Waals surface area contributed by atoms with Crippen LogP contribution in [-0.4, -0.2) is 75.0 Å². The number of fused-ring (bicyclic) bond motifs is 1. The standard InChI is InChI=1S/C27H34N6O4/c28-25-23-21(17-3-1-4-19(11-17)37-14-20-5-2-8-36-20)13-33(27(23)31-15-30-25)18-9-16(10-18)12-32-7-6-22(34)24(32)26(29)35/h1,3-4,11,13,15-16,18,20,22,24,34H,2,5-10,12,14H2,(H2,29,35)(H2,28,30,31)/t16-,18+,20?,22-,24+/m1/s1. The summed E-state index contributed by atoms with van der Waals surface area (Å²) in [6, 6.07) is 7.73. The molecule has 1 aliphatic carbocycles. The van der Waals surface area contributed by atoms with Crippen molar-refractivity contribution >= 4 is 22.8 Å². The number of primary amides is 1. The number of nitrogen functional groups attached to an aromatic ring is 1. The smallest absolute Gasteiger partial charge is 0.237 e. The zero-order chi connectivity index (χ0) is 25.5. The summed E-state index contributed by atoms with van der Waals surface area (Å²) in [5.74, 6) is 1.23. The molecule has 1 saturated carbocycles. The van der Waals surface area contributed by atoms with Gasteiger partial charge in [0.15, 0.2) is 0 Å². The van der Waals surface area contributed by atoms with Gasteiger partial charge < -0.3 is 30.6 Å². The van der Waals surface area contributed by atoms with Crippen LogP contribution in [0.4, 0.5) is 5.82 Å². The lowest BCUT2D eigenvalue weighted by atomic mass is 9.79. The minimum Gasteiger partial charge on any atom is -0.491 e. The number of ether oxygens (including phenoxy) is 2. The van der Waals surface area contributed by atoms with Crippen LogP contribution in [0.2, 0.25) is 0 Å². The van der Waals surface area contributed by atoms with E-state index in [2.05, 4.69) is 26.8 Å². The number of aromatic nitrogens is 3. The minimum absolute atomic E-state index is 0.156. The third-order valence-corrected chi connectivity index (χ3v) is 8.10. The predicted molar refractivity (Wildman–Crippen MR) is 139 cm³/mol. The van der Waals surface area contributed by atoms with E-state index in [0.29, 0.717) is 31.3 Å². The Balaban J connectivity index is 1.21. The van der Waals surface area contributed by atoms with E-state index in [9.17, 15) is 9.90 Å². The van der Waals surface area contributed by atoms with Crippen LogP contribution >= 0.6 is 0 Å². The molecule has 196 valence electrons. The Morgan fingerprint density at radius 1 is 1.24 bits per heavy atom. The topological polar surface area (TPSA) is 142 Å². The number of nitrogens with two attached hydrogens (primary N) is 2. The van der Waals surface area contributed by atoms with Crippen LogP contribution in [0.5, 0.6) is 5.75 Å². The quantitative estimate of drug-likeness (QED) is 0.422. The Kier molecular flexibility index (Phi) is 6.48. The molecule has 3 atom stereocenters. The number of carbonyl (C=O) groups excluding carboxylic acids is 1. The molecular weight excluding hydrogens is 472 g/mol. The van der Waals surface area contributed by atoms with Crippen molar-refractivity contribution in [2.45, 2.75) is 56.4 Å². The first kappa shape index (κ1) is 24.1. The van der Waals surface area contributed by atoms with Crippen LogP contribution in [0, 0.1) is 5.92 Å².